The standard InChI is InChI=1S/C16H25N3O/c1-2-18-11-13-19(14-12-18)16(20)17-10-6-9-15-7-4-3-5-8-15/h3-5,7-8H,2,6,9-14H2,1H3,(H,17,20). The van der Waals surface area contributed by atoms with E-state index in [2.05, 4.69) is 41.4 Å². The van der Waals surface area contributed by atoms with Crippen LogP contribution >= 0.6 is 0 Å². The molecule has 1 saturated heterocycles. The molecule has 0 unspecified atom stereocenters. The molecule has 1 fully saturated rings. The summed E-state index contributed by atoms with van der Waals surface area (Å²) in [6.45, 7) is 7.67. The second kappa shape index (κ2) is 7.90. The van der Waals surface area contributed by atoms with Gasteiger partial charge in [-0.25, -0.2) is 4.79 Å². The third kappa shape index (κ3) is 4.53. The fourth-order valence-corrected chi connectivity index (χ4v) is 2.51. The van der Waals surface area contributed by atoms with Crippen LogP contribution < -0.4 is 5.32 Å². The molecule has 4 heteroatoms. The molecule has 0 radical (unpaired) electrons. The lowest BCUT2D eigenvalue weighted by Gasteiger charge is -2.34. The number of amides is 2. The molecule has 1 heterocycles. The molecule has 0 atom stereocenters. The predicted molar refractivity (Wildman–Crippen MR) is 81.8 cm³/mol. The molecule has 2 amide bonds. The van der Waals surface area contributed by atoms with Gasteiger partial charge in [0, 0.05) is 32.7 Å². The average molecular weight is 275 g/mol. The minimum absolute atomic E-state index is 0.0915. The van der Waals surface area contributed by atoms with Crippen molar-refractivity contribution in [2.75, 3.05) is 39.3 Å². The van der Waals surface area contributed by atoms with Crippen LogP contribution in [0.5, 0.6) is 0 Å². The van der Waals surface area contributed by atoms with Crippen LogP contribution in [-0.2, 0) is 6.42 Å². The lowest BCUT2D eigenvalue weighted by molar-refractivity contribution is 0.143. The Bertz CT molecular complexity index is 399. The van der Waals surface area contributed by atoms with Crippen molar-refractivity contribution in [1.29, 1.82) is 0 Å². The minimum Gasteiger partial charge on any atom is -0.338 e. The lowest BCUT2D eigenvalue weighted by atomic mass is 10.1. The topological polar surface area (TPSA) is 35.6 Å². The maximum Gasteiger partial charge on any atom is 0.317 e. The summed E-state index contributed by atoms with van der Waals surface area (Å²) >= 11 is 0. The zero-order valence-electron chi connectivity index (χ0n) is 12.3. The SMILES string of the molecule is CCN1CCN(C(=O)NCCCc2ccccc2)CC1. The van der Waals surface area contributed by atoms with Crippen LogP contribution in [0.3, 0.4) is 0 Å². The first-order chi connectivity index (χ1) is 9.79. The summed E-state index contributed by atoms with van der Waals surface area (Å²) in [5.41, 5.74) is 1.33. The molecule has 1 N–H and O–H groups in total. The molecule has 0 spiro atoms. The van der Waals surface area contributed by atoms with Gasteiger partial charge in [-0.1, -0.05) is 37.3 Å². The Balaban J connectivity index is 1.61. The molecule has 0 aliphatic carbocycles. The second-order valence-electron chi connectivity index (χ2n) is 5.24. The number of nitrogens with zero attached hydrogens (tertiary/aromatic N) is 2. The fourth-order valence-electron chi connectivity index (χ4n) is 2.51. The number of piperazine rings is 1. The summed E-state index contributed by atoms with van der Waals surface area (Å²) in [6.07, 6.45) is 2.01. The summed E-state index contributed by atoms with van der Waals surface area (Å²) in [4.78, 5) is 16.3. The van der Waals surface area contributed by atoms with Crippen LogP contribution in [-0.4, -0.2) is 55.1 Å². The smallest absolute Gasteiger partial charge is 0.317 e. The Kier molecular flexibility index (Phi) is 5.87. The molecule has 0 saturated carbocycles. The van der Waals surface area contributed by atoms with Gasteiger partial charge < -0.3 is 15.1 Å². The van der Waals surface area contributed by atoms with Gasteiger partial charge in [0.2, 0.25) is 0 Å². The van der Waals surface area contributed by atoms with Gasteiger partial charge in [0.05, 0.1) is 0 Å². The molecule has 20 heavy (non-hydrogen) atoms. The predicted octanol–water partition coefficient (Wildman–Crippen LogP) is 1.97. The Morgan fingerprint density at radius 3 is 2.50 bits per heavy atom. The van der Waals surface area contributed by atoms with E-state index >= 15 is 0 Å². The van der Waals surface area contributed by atoms with Crippen LogP contribution in [0.1, 0.15) is 18.9 Å². The molecule has 1 aliphatic heterocycles. The van der Waals surface area contributed by atoms with Crippen LogP contribution in [0.15, 0.2) is 30.3 Å². The third-order valence-corrected chi connectivity index (χ3v) is 3.87. The van der Waals surface area contributed by atoms with E-state index in [4.69, 9.17) is 0 Å². The Morgan fingerprint density at radius 1 is 1.15 bits per heavy atom. The fraction of sp³-hybridized carbons (Fsp3) is 0.562. The van der Waals surface area contributed by atoms with E-state index in [0.717, 1.165) is 52.1 Å². The lowest BCUT2D eigenvalue weighted by Crippen LogP contribution is -2.51. The number of hydrogen-bond donors (Lipinski definition) is 1. The van der Waals surface area contributed by atoms with Crippen LogP contribution in [0.4, 0.5) is 4.79 Å². The van der Waals surface area contributed by atoms with Gasteiger partial charge in [-0.2, -0.15) is 0 Å². The van der Waals surface area contributed by atoms with Crippen LogP contribution in [0.2, 0.25) is 0 Å². The molecule has 2 rings (SSSR count). The van der Waals surface area contributed by atoms with Crippen molar-refractivity contribution in [1.82, 2.24) is 15.1 Å². The van der Waals surface area contributed by atoms with Gasteiger partial charge >= 0.3 is 6.03 Å². The van der Waals surface area contributed by atoms with E-state index in [1.807, 2.05) is 11.0 Å². The summed E-state index contributed by atoms with van der Waals surface area (Å²) in [6, 6.07) is 10.5. The van der Waals surface area contributed by atoms with Gasteiger partial charge in [-0.05, 0) is 24.9 Å². The monoisotopic (exact) mass is 275 g/mol. The van der Waals surface area contributed by atoms with E-state index in [0.29, 0.717) is 0 Å². The van der Waals surface area contributed by atoms with Gasteiger partial charge in [0.1, 0.15) is 0 Å². The number of rotatable bonds is 5. The third-order valence-electron chi connectivity index (χ3n) is 3.87. The number of urea groups is 1. The Morgan fingerprint density at radius 2 is 1.85 bits per heavy atom. The van der Waals surface area contributed by atoms with Crippen molar-refractivity contribution in [3.8, 4) is 0 Å². The average Bonchev–Trinajstić information content (AvgIpc) is 2.52. The number of carbonyl (C=O) groups is 1. The first-order valence-corrected chi connectivity index (χ1v) is 7.58. The number of hydrogen-bond acceptors (Lipinski definition) is 2. The molecule has 110 valence electrons. The van der Waals surface area contributed by atoms with Crippen molar-refractivity contribution >= 4 is 6.03 Å². The highest BCUT2D eigenvalue weighted by atomic mass is 16.2. The zero-order chi connectivity index (χ0) is 14.2. The highest BCUT2D eigenvalue weighted by Gasteiger charge is 2.19. The van der Waals surface area contributed by atoms with Crippen molar-refractivity contribution in [3.63, 3.8) is 0 Å². The van der Waals surface area contributed by atoms with Gasteiger partial charge in [-0.3, -0.25) is 0 Å². The molecular weight excluding hydrogens is 250 g/mol. The zero-order valence-corrected chi connectivity index (χ0v) is 12.3. The molecule has 4 nitrogen and oxygen atoms in total. The molecular formula is C16H25N3O. The van der Waals surface area contributed by atoms with Gasteiger partial charge in [-0.15, -0.1) is 0 Å². The summed E-state index contributed by atoms with van der Waals surface area (Å²) < 4.78 is 0. The highest BCUT2D eigenvalue weighted by Crippen LogP contribution is 2.03. The van der Waals surface area contributed by atoms with Crippen molar-refractivity contribution in [2.45, 2.75) is 19.8 Å². The van der Waals surface area contributed by atoms with Crippen molar-refractivity contribution < 1.29 is 4.79 Å². The van der Waals surface area contributed by atoms with Gasteiger partial charge in [0.25, 0.3) is 0 Å². The minimum atomic E-state index is 0.0915. The van der Waals surface area contributed by atoms with Crippen LogP contribution in [0.25, 0.3) is 0 Å². The maximum absolute atomic E-state index is 12.0. The first kappa shape index (κ1) is 14.9. The molecule has 0 bridgehead atoms. The van der Waals surface area contributed by atoms with Gasteiger partial charge in [0.15, 0.2) is 0 Å². The van der Waals surface area contributed by atoms with E-state index < -0.39 is 0 Å². The number of aryl methyl sites for hydroxylation is 1. The summed E-state index contributed by atoms with van der Waals surface area (Å²) in [5.74, 6) is 0. The van der Waals surface area contributed by atoms with E-state index in [-0.39, 0.29) is 6.03 Å². The number of benzene rings is 1. The maximum atomic E-state index is 12.0. The summed E-state index contributed by atoms with van der Waals surface area (Å²) in [7, 11) is 0. The normalized spacial score (nSPS) is 16.1. The molecule has 1 aliphatic rings. The van der Waals surface area contributed by atoms with Crippen molar-refractivity contribution in [2.24, 2.45) is 0 Å². The van der Waals surface area contributed by atoms with E-state index in [1.54, 1.807) is 0 Å². The van der Waals surface area contributed by atoms with E-state index in [9.17, 15) is 4.79 Å². The molecule has 1 aromatic carbocycles. The second-order valence-corrected chi connectivity index (χ2v) is 5.24. The molecule has 0 aromatic heterocycles. The highest BCUT2D eigenvalue weighted by molar-refractivity contribution is 5.74. The van der Waals surface area contributed by atoms with Crippen LogP contribution in [0, 0.1) is 0 Å². The number of likely N-dealkylation sites (N-methyl/N-ethyl adjacent to an activating group) is 1. The first-order valence-electron chi connectivity index (χ1n) is 7.58. The Labute approximate surface area is 121 Å². The van der Waals surface area contributed by atoms with E-state index in [1.165, 1.54) is 5.56 Å². The number of nitrogens with one attached hydrogen (secondary N) is 1. The molecule has 1 aromatic rings. The largest absolute Gasteiger partial charge is 0.338 e. The summed E-state index contributed by atoms with van der Waals surface area (Å²) in [5, 5.41) is 3.02. The quantitative estimate of drug-likeness (QED) is 0.834. The number of carbonyl (C=O) groups excluding carboxylic acids is 1. The van der Waals surface area contributed by atoms with Crippen molar-refractivity contribution in [3.05, 3.63) is 35.9 Å². The Hall–Kier alpha value is -1.55.